The molecule has 1 heterocycles. The number of carbonyl (C=O) groups excluding carboxylic acids is 1. The van der Waals surface area contributed by atoms with Crippen molar-refractivity contribution in [2.24, 2.45) is 0 Å². The normalized spacial score (nSPS) is 10.6. The first-order valence-electron chi connectivity index (χ1n) is 7.64. The van der Waals surface area contributed by atoms with Gasteiger partial charge in [-0.25, -0.2) is 0 Å². The summed E-state index contributed by atoms with van der Waals surface area (Å²) in [5.74, 6) is -0.761. The Bertz CT molecular complexity index is 492. The first-order chi connectivity index (χ1) is 9.97. The first kappa shape index (κ1) is 17.3. The van der Waals surface area contributed by atoms with E-state index in [1.807, 2.05) is 19.9 Å². The van der Waals surface area contributed by atoms with Crippen LogP contribution >= 0.6 is 0 Å². The fourth-order valence-electron chi connectivity index (χ4n) is 2.57. The molecule has 1 rings (SSSR count). The number of hydrogen-bond acceptors (Lipinski definition) is 2. The molecular weight excluding hydrogens is 268 g/mol. The average molecular weight is 294 g/mol. The Morgan fingerprint density at radius 1 is 1.19 bits per heavy atom. The van der Waals surface area contributed by atoms with Crippen LogP contribution in [0.3, 0.4) is 0 Å². The average Bonchev–Trinajstić information content (AvgIpc) is 2.71. The van der Waals surface area contributed by atoms with Crippen LogP contribution in [-0.2, 0) is 11.3 Å². The van der Waals surface area contributed by atoms with Gasteiger partial charge in [-0.1, -0.05) is 12.8 Å². The number of aryl methyl sites for hydroxylation is 1. The zero-order valence-electron chi connectivity index (χ0n) is 13.2. The zero-order valence-corrected chi connectivity index (χ0v) is 13.2. The minimum atomic E-state index is -0.741. The van der Waals surface area contributed by atoms with Gasteiger partial charge in [0.2, 0.25) is 0 Å². The Kier molecular flexibility index (Phi) is 6.99. The minimum Gasteiger partial charge on any atom is -0.481 e. The Labute approximate surface area is 126 Å². The van der Waals surface area contributed by atoms with Crippen molar-refractivity contribution in [1.29, 1.82) is 0 Å². The van der Waals surface area contributed by atoms with Crippen LogP contribution in [0, 0.1) is 13.8 Å². The number of carboxylic acid groups (broad SMARTS) is 1. The molecule has 0 aromatic carbocycles. The van der Waals surface area contributed by atoms with E-state index in [0.29, 0.717) is 13.0 Å². The molecule has 2 N–H and O–H groups in total. The van der Waals surface area contributed by atoms with Crippen LogP contribution in [0.1, 0.15) is 60.8 Å². The number of aromatic nitrogens is 1. The van der Waals surface area contributed by atoms with Gasteiger partial charge in [0.1, 0.15) is 0 Å². The number of nitrogens with zero attached hydrogens (tertiary/aromatic N) is 1. The lowest BCUT2D eigenvalue weighted by Crippen LogP contribution is -2.24. The maximum Gasteiger partial charge on any atom is 0.303 e. The van der Waals surface area contributed by atoms with Crippen molar-refractivity contribution >= 4 is 11.9 Å². The molecule has 118 valence electrons. The van der Waals surface area contributed by atoms with Gasteiger partial charge in [0.15, 0.2) is 0 Å². The summed E-state index contributed by atoms with van der Waals surface area (Å²) in [6.45, 7) is 7.56. The van der Waals surface area contributed by atoms with Crippen LogP contribution in [0.15, 0.2) is 6.07 Å². The third kappa shape index (κ3) is 5.25. The Morgan fingerprint density at radius 2 is 1.86 bits per heavy atom. The molecular formula is C16H26N2O3. The quantitative estimate of drug-likeness (QED) is 0.688. The molecule has 0 saturated heterocycles. The Morgan fingerprint density at radius 3 is 2.43 bits per heavy atom. The minimum absolute atomic E-state index is 0.0201. The predicted molar refractivity (Wildman–Crippen MR) is 82.6 cm³/mol. The monoisotopic (exact) mass is 294 g/mol. The summed E-state index contributed by atoms with van der Waals surface area (Å²) in [4.78, 5) is 22.5. The van der Waals surface area contributed by atoms with Crippen LogP contribution in [0.5, 0.6) is 0 Å². The van der Waals surface area contributed by atoms with E-state index >= 15 is 0 Å². The summed E-state index contributed by atoms with van der Waals surface area (Å²) < 4.78 is 2.13. The van der Waals surface area contributed by atoms with Gasteiger partial charge in [0.05, 0.1) is 5.56 Å². The van der Waals surface area contributed by atoms with E-state index in [1.54, 1.807) is 0 Å². The van der Waals surface area contributed by atoms with E-state index in [9.17, 15) is 9.59 Å². The fourth-order valence-corrected chi connectivity index (χ4v) is 2.57. The van der Waals surface area contributed by atoms with Gasteiger partial charge in [0, 0.05) is 30.9 Å². The second-order valence-corrected chi connectivity index (χ2v) is 5.34. The van der Waals surface area contributed by atoms with Crippen LogP contribution < -0.4 is 5.32 Å². The maximum absolute atomic E-state index is 12.1. The number of hydrogen-bond donors (Lipinski definition) is 2. The molecule has 5 heteroatoms. The SMILES string of the molecule is CCn1c(C)cc(C(=O)NCCCCCCC(=O)O)c1C. The maximum atomic E-state index is 12.1. The standard InChI is InChI=1S/C16H26N2O3/c1-4-18-12(2)11-14(13(18)3)16(21)17-10-8-6-5-7-9-15(19)20/h11H,4-10H2,1-3H3,(H,17,21)(H,19,20). The van der Waals surface area contributed by atoms with Crippen molar-refractivity contribution in [1.82, 2.24) is 9.88 Å². The number of unbranched alkanes of at least 4 members (excludes halogenated alkanes) is 3. The number of nitrogens with one attached hydrogen (secondary N) is 1. The topological polar surface area (TPSA) is 71.3 Å². The number of rotatable bonds is 9. The highest BCUT2D eigenvalue weighted by atomic mass is 16.4. The zero-order chi connectivity index (χ0) is 15.8. The highest BCUT2D eigenvalue weighted by molar-refractivity contribution is 5.95. The van der Waals surface area contributed by atoms with Crippen molar-refractivity contribution in [2.75, 3.05) is 6.54 Å². The van der Waals surface area contributed by atoms with Gasteiger partial charge in [-0.2, -0.15) is 0 Å². The third-order valence-electron chi connectivity index (χ3n) is 3.74. The molecule has 1 aromatic rings. The van der Waals surface area contributed by atoms with E-state index < -0.39 is 5.97 Å². The molecule has 0 fully saturated rings. The van der Waals surface area contributed by atoms with Gasteiger partial charge in [-0.3, -0.25) is 9.59 Å². The van der Waals surface area contributed by atoms with E-state index in [-0.39, 0.29) is 12.3 Å². The van der Waals surface area contributed by atoms with Gasteiger partial charge in [-0.15, -0.1) is 0 Å². The molecule has 0 radical (unpaired) electrons. The molecule has 5 nitrogen and oxygen atoms in total. The molecule has 0 aliphatic heterocycles. The molecule has 0 unspecified atom stereocenters. The summed E-state index contributed by atoms with van der Waals surface area (Å²) in [7, 11) is 0. The van der Waals surface area contributed by atoms with E-state index in [4.69, 9.17) is 5.11 Å². The lowest BCUT2D eigenvalue weighted by atomic mass is 10.1. The first-order valence-corrected chi connectivity index (χ1v) is 7.64. The van der Waals surface area contributed by atoms with Crippen LogP contribution in [0.25, 0.3) is 0 Å². The number of carboxylic acids is 1. The summed E-state index contributed by atoms with van der Waals surface area (Å²) in [6, 6.07) is 1.93. The van der Waals surface area contributed by atoms with Crippen molar-refractivity contribution < 1.29 is 14.7 Å². The largest absolute Gasteiger partial charge is 0.481 e. The molecule has 1 aromatic heterocycles. The molecule has 0 aliphatic rings. The third-order valence-corrected chi connectivity index (χ3v) is 3.74. The van der Waals surface area contributed by atoms with Crippen molar-refractivity contribution in [2.45, 2.75) is 59.4 Å². The van der Waals surface area contributed by atoms with E-state index in [0.717, 1.165) is 42.8 Å². The van der Waals surface area contributed by atoms with Crippen LogP contribution in [0.4, 0.5) is 0 Å². The highest BCUT2D eigenvalue weighted by Gasteiger charge is 2.14. The van der Waals surface area contributed by atoms with Crippen molar-refractivity contribution in [3.05, 3.63) is 23.0 Å². The number of amides is 1. The number of aliphatic carboxylic acids is 1. The molecule has 0 spiro atoms. The van der Waals surface area contributed by atoms with Gasteiger partial charge >= 0.3 is 5.97 Å². The predicted octanol–water partition coefficient (Wildman–Crippen LogP) is 2.89. The summed E-state index contributed by atoms with van der Waals surface area (Å²) in [5, 5.41) is 11.5. The summed E-state index contributed by atoms with van der Waals surface area (Å²) in [5.41, 5.74) is 2.86. The van der Waals surface area contributed by atoms with Crippen molar-refractivity contribution in [3.8, 4) is 0 Å². The van der Waals surface area contributed by atoms with Gasteiger partial charge in [-0.05, 0) is 39.7 Å². The van der Waals surface area contributed by atoms with E-state index in [2.05, 4.69) is 16.8 Å². The summed E-state index contributed by atoms with van der Waals surface area (Å²) >= 11 is 0. The van der Waals surface area contributed by atoms with Crippen LogP contribution in [0.2, 0.25) is 0 Å². The lowest BCUT2D eigenvalue weighted by molar-refractivity contribution is -0.137. The summed E-state index contributed by atoms with van der Waals surface area (Å²) in [6.07, 6.45) is 3.67. The number of carbonyl (C=O) groups is 2. The molecule has 21 heavy (non-hydrogen) atoms. The van der Waals surface area contributed by atoms with Gasteiger partial charge in [0.25, 0.3) is 5.91 Å². The lowest BCUT2D eigenvalue weighted by Gasteiger charge is -2.07. The molecule has 0 atom stereocenters. The molecule has 0 aliphatic carbocycles. The molecule has 0 saturated carbocycles. The highest BCUT2D eigenvalue weighted by Crippen LogP contribution is 2.14. The second-order valence-electron chi connectivity index (χ2n) is 5.34. The molecule has 0 bridgehead atoms. The second kappa shape index (κ2) is 8.49. The molecule has 1 amide bonds. The van der Waals surface area contributed by atoms with Gasteiger partial charge < -0.3 is 15.0 Å². The fraction of sp³-hybridized carbons (Fsp3) is 0.625. The van der Waals surface area contributed by atoms with E-state index in [1.165, 1.54) is 0 Å². The Hall–Kier alpha value is -1.78. The van der Waals surface area contributed by atoms with Crippen LogP contribution in [-0.4, -0.2) is 28.1 Å². The van der Waals surface area contributed by atoms with Crippen molar-refractivity contribution in [3.63, 3.8) is 0 Å². The smallest absolute Gasteiger partial charge is 0.303 e. The Balaban J connectivity index is 2.30.